The summed E-state index contributed by atoms with van der Waals surface area (Å²) >= 11 is 6.82. The minimum absolute atomic E-state index is 0.774. The van der Waals surface area contributed by atoms with Crippen LogP contribution < -0.4 is 0 Å². The van der Waals surface area contributed by atoms with Crippen LogP contribution in [0.3, 0.4) is 0 Å². The van der Waals surface area contributed by atoms with Crippen LogP contribution in [0.1, 0.15) is 16.7 Å². The zero-order chi connectivity index (χ0) is 15.9. The molecular formula is C17H15Br2N3. The van der Waals surface area contributed by atoms with Gasteiger partial charge in [-0.2, -0.15) is 5.10 Å². The number of halogens is 2. The van der Waals surface area contributed by atoms with Gasteiger partial charge in [0, 0.05) is 11.8 Å². The Labute approximate surface area is 146 Å². The molecule has 0 radical (unpaired) electrons. The third-order valence-corrected chi connectivity index (χ3v) is 4.78. The number of hydrogen-bond donors (Lipinski definition) is 0. The Morgan fingerprint density at radius 3 is 2.32 bits per heavy atom. The van der Waals surface area contributed by atoms with Gasteiger partial charge in [-0.25, -0.2) is 9.67 Å². The quantitative estimate of drug-likeness (QED) is 0.520. The first-order chi connectivity index (χ1) is 10.5. The van der Waals surface area contributed by atoms with Gasteiger partial charge in [0.2, 0.25) is 0 Å². The molecule has 5 heteroatoms. The zero-order valence-electron chi connectivity index (χ0n) is 12.6. The summed E-state index contributed by atoms with van der Waals surface area (Å²) in [6, 6.07) is 8.20. The van der Waals surface area contributed by atoms with Crippen LogP contribution in [0, 0.1) is 20.8 Å². The van der Waals surface area contributed by atoms with Crippen molar-refractivity contribution < 1.29 is 0 Å². The maximum absolute atomic E-state index is 4.49. The van der Waals surface area contributed by atoms with Crippen molar-refractivity contribution in [3.8, 4) is 16.8 Å². The first kappa shape index (κ1) is 15.4. The van der Waals surface area contributed by atoms with Crippen molar-refractivity contribution in [3.63, 3.8) is 0 Å². The Balaban J connectivity index is 2.06. The molecule has 3 rings (SSSR count). The average molecular weight is 421 g/mol. The molecule has 3 nitrogen and oxygen atoms in total. The molecule has 0 aliphatic heterocycles. The fourth-order valence-corrected chi connectivity index (χ4v) is 3.55. The van der Waals surface area contributed by atoms with Crippen molar-refractivity contribution in [2.45, 2.75) is 20.8 Å². The van der Waals surface area contributed by atoms with Crippen LogP contribution in [-0.4, -0.2) is 14.8 Å². The predicted molar refractivity (Wildman–Crippen MR) is 96.4 cm³/mol. The van der Waals surface area contributed by atoms with Crippen LogP contribution in [0.5, 0.6) is 0 Å². The lowest BCUT2D eigenvalue weighted by molar-refractivity contribution is 0.874. The van der Waals surface area contributed by atoms with Gasteiger partial charge in [-0.05, 0) is 87.0 Å². The number of hydrogen-bond acceptors (Lipinski definition) is 2. The molecule has 0 atom stereocenters. The number of benzene rings is 1. The van der Waals surface area contributed by atoms with Gasteiger partial charge in [-0.3, -0.25) is 0 Å². The van der Waals surface area contributed by atoms with Crippen LogP contribution in [0.4, 0.5) is 0 Å². The van der Waals surface area contributed by atoms with Crippen LogP contribution in [0.2, 0.25) is 0 Å². The summed E-state index contributed by atoms with van der Waals surface area (Å²) in [5.74, 6) is 0. The van der Waals surface area contributed by atoms with Crippen molar-refractivity contribution in [1.29, 1.82) is 0 Å². The predicted octanol–water partition coefficient (Wildman–Crippen LogP) is 5.38. The molecule has 0 fully saturated rings. The van der Waals surface area contributed by atoms with Crippen LogP contribution >= 0.6 is 31.9 Å². The monoisotopic (exact) mass is 419 g/mol. The van der Waals surface area contributed by atoms with E-state index < -0.39 is 0 Å². The highest BCUT2D eigenvalue weighted by Gasteiger charge is 2.09. The highest BCUT2D eigenvalue weighted by atomic mass is 79.9. The van der Waals surface area contributed by atoms with Gasteiger partial charge in [0.25, 0.3) is 0 Å². The molecule has 0 saturated heterocycles. The average Bonchev–Trinajstić information content (AvgIpc) is 2.93. The topological polar surface area (TPSA) is 30.7 Å². The lowest BCUT2D eigenvalue weighted by atomic mass is 9.96. The van der Waals surface area contributed by atoms with E-state index in [9.17, 15) is 0 Å². The molecular weight excluding hydrogens is 406 g/mol. The lowest BCUT2D eigenvalue weighted by Gasteiger charge is -2.09. The first-order valence-electron chi connectivity index (χ1n) is 6.91. The van der Waals surface area contributed by atoms with Crippen molar-refractivity contribution in [2.24, 2.45) is 0 Å². The van der Waals surface area contributed by atoms with Crippen LogP contribution in [0.15, 0.2) is 45.9 Å². The second-order valence-corrected chi connectivity index (χ2v) is 6.95. The highest BCUT2D eigenvalue weighted by molar-refractivity contribution is 9.11. The van der Waals surface area contributed by atoms with E-state index in [2.05, 4.69) is 74.8 Å². The number of pyridine rings is 1. The fourth-order valence-electron chi connectivity index (χ4n) is 2.46. The largest absolute Gasteiger partial charge is 0.240 e. The number of aromatic nitrogens is 3. The molecule has 0 bridgehead atoms. The molecule has 3 aromatic rings. The Hall–Kier alpha value is -1.46. The van der Waals surface area contributed by atoms with E-state index in [0.717, 1.165) is 20.5 Å². The van der Waals surface area contributed by atoms with E-state index in [-0.39, 0.29) is 0 Å². The second-order valence-electron chi connectivity index (χ2n) is 5.32. The highest BCUT2D eigenvalue weighted by Crippen LogP contribution is 2.28. The number of aryl methyl sites for hydroxylation is 1. The molecule has 0 amide bonds. The second kappa shape index (κ2) is 5.97. The summed E-state index contributed by atoms with van der Waals surface area (Å²) < 4.78 is 3.41. The van der Waals surface area contributed by atoms with E-state index in [1.54, 1.807) is 0 Å². The van der Waals surface area contributed by atoms with Gasteiger partial charge in [-0.15, -0.1) is 0 Å². The summed E-state index contributed by atoms with van der Waals surface area (Å²) in [6.07, 6.45) is 3.95. The SMILES string of the molecule is Cc1ccc(-c2cnn(-c3cc(Br)nc(Br)c3)c2)c(C)c1C. The maximum atomic E-state index is 4.49. The summed E-state index contributed by atoms with van der Waals surface area (Å²) in [4.78, 5) is 4.25. The Morgan fingerprint density at radius 2 is 1.64 bits per heavy atom. The molecule has 0 aliphatic rings. The van der Waals surface area contributed by atoms with Gasteiger partial charge < -0.3 is 0 Å². The lowest BCUT2D eigenvalue weighted by Crippen LogP contribution is -1.95. The fraction of sp³-hybridized carbons (Fsp3) is 0.176. The molecule has 0 aliphatic carbocycles. The molecule has 0 unspecified atom stereocenters. The smallest absolute Gasteiger partial charge is 0.109 e. The maximum Gasteiger partial charge on any atom is 0.109 e. The minimum atomic E-state index is 0.774. The standard InChI is InChI=1S/C17H15Br2N3/c1-10-4-5-15(12(3)11(10)2)13-8-20-22(9-13)14-6-16(18)21-17(19)7-14/h4-9H,1-3H3. The Morgan fingerprint density at radius 1 is 0.955 bits per heavy atom. The molecule has 0 N–H and O–H groups in total. The molecule has 22 heavy (non-hydrogen) atoms. The first-order valence-corrected chi connectivity index (χ1v) is 8.49. The number of nitrogens with zero attached hydrogens (tertiary/aromatic N) is 3. The van der Waals surface area contributed by atoms with Crippen molar-refractivity contribution in [3.05, 3.63) is 62.6 Å². The molecule has 2 heterocycles. The van der Waals surface area contributed by atoms with E-state index in [1.807, 2.05) is 29.2 Å². The molecule has 1 aromatic carbocycles. The van der Waals surface area contributed by atoms with Crippen molar-refractivity contribution >= 4 is 31.9 Å². The van der Waals surface area contributed by atoms with Gasteiger partial charge in [0.05, 0.1) is 11.9 Å². The van der Waals surface area contributed by atoms with E-state index >= 15 is 0 Å². The van der Waals surface area contributed by atoms with E-state index in [0.29, 0.717) is 0 Å². The Kier molecular flexibility index (Phi) is 4.19. The molecule has 0 saturated carbocycles. The zero-order valence-corrected chi connectivity index (χ0v) is 15.7. The minimum Gasteiger partial charge on any atom is -0.240 e. The molecule has 112 valence electrons. The third-order valence-electron chi connectivity index (χ3n) is 3.96. The van der Waals surface area contributed by atoms with Crippen molar-refractivity contribution in [1.82, 2.24) is 14.8 Å². The van der Waals surface area contributed by atoms with E-state index in [4.69, 9.17) is 0 Å². The summed E-state index contributed by atoms with van der Waals surface area (Å²) in [5, 5.41) is 4.49. The molecule has 2 aromatic heterocycles. The molecule has 0 spiro atoms. The van der Waals surface area contributed by atoms with E-state index in [1.165, 1.54) is 22.3 Å². The number of rotatable bonds is 2. The van der Waals surface area contributed by atoms with Crippen LogP contribution in [0.25, 0.3) is 16.8 Å². The van der Waals surface area contributed by atoms with Gasteiger partial charge in [0.1, 0.15) is 9.21 Å². The summed E-state index contributed by atoms with van der Waals surface area (Å²) in [6.45, 7) is 6.46. The normalized spacial score (nSPS) is 11.0. The van der Waals surface area contributed by atoms with Gasteiger partial charge >= 0.3 is 0 Å². The summed E-state index contributed by atoms with van der Waals surface area (Å²) in [7, 11) is 0. The van der Waals surface area contributed by atoms with Gasteiger partial charge in [-0.1, -0.05) is 12.1 Å². The van der Waals surface area contributed by atoms with Crippen LogP contribution in [-0.2, 0) is 0 Å². The van der Waals surface area contributed by atoms with Gasteiger partial charge in [0.15, 0.2) is 0 Å². The Bertz CT molecular complexity index is 833. The third kappa shape index (κ3) is 2.88. The summed E-state index contributed by atoms with van der Waals surface area (Å²) in [5.41, 5.74) is 7.25. The van der Waals surface area contributed by atoms with Crippen molar-refractivity contribution in [2.75, 3.05) is 0 Å².